The van der Waals surface area contributed by atoms with Crippen molar-refractivity contribution in [2.45, 2.75) is 32.1 Å². The number of hydrogen-bond acceptors (Lipinski definition) is 3. The van der Waals surface area contributed by atoms with Crippen LogP contribution in [-0.2, 0) is 9.59 Å². The highest BCUT2D eigenvalue weighted by Crippen LogP contribution is 2.30. The topological polar surface area (TPSA) is 86.6 Å². The van der Waals surface area contributed by atoms with Crippen LogP contribution in [0.3, 0.4) is 0 Å². The van der Waals surface area contributed by atoms with Gasteiger partial charge in [-0.25, -0.2) is 0 Å². The second kappa shape index (κ2) is 6.48. The lowest BCUT2D eigenvalue weighted by molar-refractivity contribution is -0.148. The Morgan fingerprint density at radius 2 is 1.81 bits per heavy atom. The minimum Gasteiger partial charge on any atom is -0.481 e. The van der Waals surface area contributed by atoms with Gasteiger partial charge in [0.25, 0.3) is 0 Å². The fourth-order valence-corrected chi connectivity index (χ4v) is 2.16. The fraction of sp³-hybridized carbons (Fsp3) is 0.818. The molecule has 0 aromatic heterocycles. The largest absolute Gasteiger partial charge is 0.481 e. The minimum atomic E-state index is -0.873. The summed E-state index contributed by atoms with van der Waals surface area (Å²) in [6, 6.07) is 0. The van der Waals surface area contributed by atoms with E-state index in [4.69, 9.17) is 10.2 Å². The molecule has 0 aliphatic heterocycles. The van der Waals surface area contributed by atoms with Gasteiger partial charge in [0, 0.05) is 13.2 Å². The number of carbonyl (C=O) groups is 2. The van der Waals surface area contributed by atoms with Gasteiger partial charge < -0.3 is 15.5 Å². The highest BCUT2D eigenvalue weighted by atomic mass is 16.4. The molecule has 5 nitrogen and oxygen atoms in total. The number of rotatable bonds is 5. The monoisotopic (exact) mass is 229 g/mol. The molecule has 0 spiro atoms. The van der Waals surface area contributed by atoms with Crippen molar-refractivity contribution in [3.05, 3.63) is 0 Å². The van der Waals surface area contributed by atoms with Crippen molar-refractivity contribution in [2.75, 3.05) is 13.2 Å². The number of hydrogen-bond donors (Lipinski definition) is 3. The number of carbonyl (C=O) groups excluding carboxylic acids is 1. The molecule has 1 aliphatic rings. The van der Waals surface area contributed by atoms with Crippen molar-refractivity contribution in [3.63, 3.8) is 0 Å². The molecule has 1 fully saturated rings. The molecule has 0 saturated heterocycles. The van der Waals surface area contributed by atoms with Gasteiger partial charge in [-0.15, -0.1) is 0 Å². The van der Waals surface area contributed by atoms with Gasteiger partial charge >= 0.3 is 5.97 Å². The first kappa shape index (κ1) is 13.0. The van der Waals surface area contributed by atoms with Crippen LogP contribution in [0.1, 0.15) is 32.1 Å². The van der Waals surface area contributed by atoms with Crippen LogP contribution >= 0.6 is 0 Å². The summed E-state index contributed by atoms with van der Waals surface area (Å²) in [5, 5.41) is 20.3. The first-order chi connectivity index (χ1) is 7.66. The Labute approximate surface area is 94.8 Å². The number of aliphatic carboxylic acids is 1. The van der Waals surface area contributed by atoms with Crippen LogP contribution in [0, 0.1) is 11.8 Å². The molecular formula is C11H19NO4. The van der Waals surface area contributed by atoms with Gasteiger partial charge in [0.1, 0.15) is 0 Å². The molecule has 16 heavy (non-hydrogen) atoms. The lowest BCUT2D eigenvalue weighted by Crippen LogP contribution is -2.40. The average Bonchev–Trinajstić information content (AvgIpc) is 2.29. The number of carboxylic acid groups (broad SMARTS) is 1. The number of carboxylic acids is 1. The molecule has 0 aromatic carbocycles. The van der Waals surface area contributed by atoms with Gasteiger partial charge in [0.05, 0.1) is 11.8 Å². The average molecular weight is 229 g/mol. The van der Waals surface area contributed by atoms with Crippen LogP contribution < -0.4 is 5.32 Å². The SMILES string of the molecule is O=C(O)[C@H]1CCCC[C@H]1C(=O)NCCCO. The summed E-state index contributed by atoms with van der Waals surface area (Å²) in [5.41, 5.74) is 0. The molecule has 1 aliphatic carbocycles. The molecule has 1 amide bonds. The van der Waals surface area contributed by atoms with Crippen LogP contribution in [0.15, 0.2) is 0 Å². The number of aliphatic hydroxyl groups is 1. The lowest BCUT2D eigenvalue weighted by atomic mass is 9.79. The standard InChI is InChI=1S/C11H19NO4/c13-7-3-6-12-10(14)8-4-1-2-5-9(8)11(15)16/h8-9,13H,1-7H2,(H,12,14)(H,15,16)/t8-,9+/m1/s1. The molecule has 1 saturated carbocycles. The zero-order valence-electron chi connectivity index (χ0n) is 9.32. The maximum absolute atomic E-state index is 11.7. The summed E-state index contributed by atoms with van der Waals surface area (Å²) in [5.74, 6) is -1.99. The van der Waals surface area contributed by atoms with Crippen LogP contribution in [0.25, 0.3) is 0 Å². The highest BCUT2D eigenvalue weighted by Gasteiger charge is 2.35. The lowest BCUT2D eigenvalue weighted by Gasteiger charge is -2.27. The molecule has 2 atom stereocenters. The van der Waals surface area contributed by atoms with Gasteiger partial charge in [-0.1, -0.05) is 12.8 Å². The molecule has 92 valence electrons. The van der Waals surface area contributed by atoms with E-state index in [1.54, 1.807) is 0 Å². The van der Waals surface area contributed by atoms with Crippen LogP contribution in [-0.4, -0.2) is 35.2 Å². The van der Waals surface area contributed by atoms with Crippen molar-refractivity contribution in [1.29, 1.82) is 0 Å². The number of amides is 1. The van der Waals surface area contributed by atoms with E-state index in [1.165, 1.54) is 0 Å². The minimum absolute atomic E-state index is 0.0350. The highest BCUT2D eigenvalue weighted by molar-refractivity contribution is 5.84. The van der Waals surface area contributed by atoms with Crippen LogP contribution in [0.4, 0.5) is 0 Å². The molecule has 1 rings (SSSR count). The molecule has 0 heterocycles. The van der Waals surface area contributed by atoms with E-state index in [9.17, 15) is 9.59 Å². The second-order valence-electron chi connectivity index (χ2n) is 4.20. The van der Waals surface area contributed by atoms with Crippen molar-refractivity contribution >= 4 is 11.9 Å². The Morgan fingerprint density at radius 3 is 2.38 bits per heavy atom. The van der Waals surface area contributed by atoms with E-state index in [0.717, 1.165) is 12.8 Å². The molecule has 5 heteroatoms. The smallest absolute Gasteiger partial charge is 0.307 e. The first-order valence-electron chi connectivity index (χ1n) is 5.78. The predicted octanol–water partition coefficient (Wildman–Crippen LogP) is 0.376. The molecule has 0 bridgehead atoms. The summed E-state index contributed by atoms with van der Waals surface area (Å²) < 4.78 is 0. The Kier molecular flexibility index (Phi) is 5.25. The summed E-state index contributed by atoms with van der Waals surface area (Å²) in [7, 11) is 0. The van der Waals surface area contributed by atoms with Crippen molar-refractivity contribution in [1.82, 2.24) is 5.32 Å². The van der Waals surface area contributed by atoms with Crippen molar-refractivity contribution < 1.29 is 19.8 Å². The first-order valence-corrected chi connectivity index (χ1v) is 5.78. The second-order valence-corrected chi connectivity index (χ2v) is 4.20. The Bertz CT molecular complexity index is 254. The van der Waals surface area contributed by atoms with Crippen molar-refractivity contribution in [3.8, 4) is 0 Å². The Morgan fingerprint density at radius 1 is 1.19 bits per heavy atom. The molecule has 0 radical (unpaired) electrons. The maximum Gasteiger partial charge on any atom is 0.307 e. The Balaban J connectivity index is 2.47. The fourth-order valence-electron chi connectivity index (χ4n) is 2.16. The van der Waals surface area contributed by atoms with E-state index < -0.39 is 17.8 Å². The van der Waals surface area contributed by atoms with E-state index in [1.807, 2.05) is 0 Å². The number of aliphatic hydroxyl groups excluding tert-OH is 1. The van der Waals surface area contributed by atoms with Gasteiger partial charge in [-0.05, 0) is 19.3 Å². The maximum atomic E-state index is 11.7. The number of nitrogens with one attached hydrogen (secondary N) is 1. The van der Waals surface area contributed by atoms with Gasteiger partial charge in [-0.3, -0.25) is 9.59 Å². The summed E-state index contributed by atoms with van der Waals surface area (Å²) in [6.07, 6.45) is 3.56. The van der Waals surface area contributed by atoms with Gasteiger partial charge in [0.2, 0.25) is 5.91 Å². The third-order valence-electron chi connectivity index (χ3n) is 3.05. The molecule has 0 aromatic rings. The van der Waals surface area contributed by atoms with Crippen molar-refractivity contribution in [2.24, 2.45) is 11.8 Å². The zero-order valence-corrected chi connectivity index (χ0v) is 9.32. The van der Waals surface area contributed by atoms with E-state index in [2.05, 4.69) is 5.32 Å². The molecular weight excluding hydrogens is 210 g/mol. The van der Waals surface area contributed by atoms with Crippen LogP contribution in [0.5, 0.6) is 0 Å². The van der Waals surface area contributed by atoms with E-state index >= 15 is 0 Å². The van der Waals surface area contributed by atoms with Gasteiger partial charge in [0.15, 0.2) is 0 Å². The summed E-state index contributed by atoms with van der Waals surface area (Å²) in [6.45, 7) is 0.450. The third kappa shape index (κ3) is 3.48. The van der Waals surface area contributed by atoms with Crippen LogP contribution in [0.2, 0.25) is 0 Å². The summed E-state index contributed by atoms with van der Waals surface area (Å²) in [4.78, 5) is 22.7. The van der Waals surface area contributed by atoms with Gasteiger partial charge in [-0.2, -0.15) is 0 Å². The third-order valence-corrected chi connectivity index (χ3v) is 3.05. The Hall–Kier alpha value is -1.10. The molecule has 0 unspecified atom stereocenters. The molecule has 3 N–H and O–H groups in total. The zero-order chi connectivity index (χ0) is 12.0. The van der Waals surface area contributed by atoms with E-state index in [0.29, 0.717) is 25.8 Å². The quantitative estimate of drug-likeness (QED) is 0.595. The summed E-state index contributed by atoms with van der Waals surface area (Å²) >= 11 is 0. The predicted molar refractivity (Wildman–Crippen MR) is 57.8 cm³/mol. The van der Waals surface area contributed by atoms with E-state index in [-0.39, 0.29) is 12.5 Å². The normalized spacial score (nSPS) is 25.1.